The Hall–Kier alpha value is 0.860. The van der Waals surface area contributed by atoms with Crippen LogP contribution in [0.5, 0.6) is 0 Å². The van der Waals surface area contributed by atoms with Gasteiger partial charge in [-0.25, -0.2) is 0 Å². The highest BCUT2D eigenvalue weighted by molar-refractivity contribution is 7.63. The molecule has 16 heavy (non-hydrogen) atoms. The topological polar surface area (TPSA) is 0 Å². The molecule has 0 aromatic heterocycles. The first-order chi connectivity index (χ1) is 7.59. The van der Waals surface area contributed by atoms with Gasteiger partial charge < -0.3 is 0 Å². The molecule has 0 aliphatic carbocycles. The third-order valence-electron chi connectivity index (χ3n) is 4.89. The molecule has 0 spiro atoms. The maximum atomic E-state index is 2.52. The molecule has 2 heteroatoms. The van der Waals surface area contributed by atoms with Crippen LogP contribution < -0.4 is 0 Å². The van der Waals surface area contributed by atoms with Gasteiger partial charge in [-0.3, -0.25) is 0 Å². The monoisotopic (exact) mass is 258 g/mol. The molecule has 4 unspecified atom stereocenters. The molecule has 0 aromatic rings. The van der Waals surface area contributed by atoms with Gasteiger partial charge in [0.1, 0.15) is 0 Å². The molecule has 0 radical (unpaired) electrons. The molecule has 0 bridgehead atoms. The molecule has 2 saturated heterocycles. The molecule has 0 N–H and O–H groups in total. The Morgan fingerprint density at radius 3 is 1.12 bits per heavy atom. The Morgan fingerprint density at radius 2 is 0.875 bits per heavy atom. The summed E-state index contributed by atoms with van der Waals surface area (Å²) in [4.78, 5) is 0. The number of rotatable bonds is 3. The van der Waals surface area contributed by atoms with Crippen molar-refractivity contribution in [2.45, 2.75) is 76.0 Å². The van der Waals surface area contributed by atoms with Crippen LogP contribution in [0.3, 0.4) is 0 Å². The molecule has 94 valence electrons. The van der Waals surface area contributed by atoms with Crippen molar-refractivity contribution in [3.63, 3.8) is 0 Å². The summed E-state index contributed by atoms with van der Waals surface area (Å²) in [6.07, 6.45) is 9.31. The summed E-state index contributed by atoms with van der Waals surface area (Å²) in [5, 5.41) is 0. The minimum atomic E-state index is 0.394. The predicted octanol–water partition coefficient (Wildman–Crippen LogP) is 5.09. The maximum absolute atomic E-state index is 2.52. The van der Waals surface area contributed by atoms with E-state index < -0.39 is 0 Å². The van der Waals surface area contributed by atoms with E-state index in [1.165, 1.54) is 25.7 Å². The fourth-order valence-corrected chi connectivity index (χ4v) is 10.9. The fraction of sp³-hybridized carbons (Fsp3) is 1.00. The molecular formula is C14H28P2. The van der Waals surface area contributed by atoms with E-state index in [0.717, 1.165) is 22.6 Å². The minimum Gasteiger partial charge on any atom is -0.101 e. The van der Waals surface area contributed by atoms with Crippen molar-refractivity contribution >= 4 is 15.8 Å². The first kappa shape index (κ1) is 13.3. The molecule has 2 aliphatic rings. The highest BCUT2D eigenvalue weighted by Crippen LogP contribution is 2.60. The van der Waals surface area contributed by atoms with Gasteiger partial charge in [0, 0.05) is 0 Å². The van der Waals surface area contributed by atoms with E-state index in [1.54, 1.807) is 12.3 Å². The van der Waals surface area contributed by atoms with Crippen LogP contribution in [0.15, 0.2) is 0 Å². The first-order valence-electron chi connectivity index (χ1n) is 7.11. The van der Waals surface area contributed by atoms with E-state index in [0.29, 0.717) is 15.8 Å². The molecule has 0 aromatic carbocycles. The Labute approximate surface area is 104 Å². The van der Waals surface area contributed by atoms with Crippen molar-refractivity contribution in [3.05, 3.63) is 0 Å². The van der Waals surface area contributed by atoms with Crippen LogP contribution in [-0.4, -0.2) is 35.0 Å². The average molecular weight is 258 g/mol. The summed E-state index contributed by atoms with van der Waals surface area (Å²) in [5.74, 6) is 0. The average Bonchev–Trinajstić information content (AvgIpc) is 2.72. The zero-order valence-corrected chi connectivity index (χ0v) is 13.2. The smallest absolute Gasteiger partial charge is 0.0235 e. The highest BCUT2D eigenvalue weighted by Gasteiger charge is 2.33. The number of hydrogen-bond donors (Lipinski definition) is 0. The SMILES string of the molecule is CC1CCC(C)P1CCP1C(C)CC[C@H]1C. The third-order valence-corrected chi connectivity index (χ3v) is 12.3. The molecule has 2 heterocycles. The van der Waals surface area contributed by atoms with Crippen molar-refractivity contribution < 1.29 is 0 Å². The Bertz CT molecular complexity index is 185. The van der Waals surface area contributed by atoms with Crippen molar-refractivity contribution in [1.29, 1.82) is 0 Å². The quantitative estimate of drug-likeness (QED) is 0.618. The van der Waals surface area contributed by atoms with Crippen LogP contribution in [0.4, 0.5) is 0 Å². The number of hydrogen-bond acceptors (Lipinski definition) is 0. The van der Waals surface area contributed by atoms with E-state index in [9.17, 15) is 0 Å². The minimum absolute atomic E-state index is 0.394. The summed E-state index contributed by atoms with van der Waals surface area (Å²) in [6, 6.07) is 0. The molecule has 2 rings (SSSR count). The van der Waals surface area contributed by atoms with Gasteiger partial charge in [-0.2, -0.15) is 0 Å². The Kier molecular flexibility index (Phi) is 4.71. The van der Waals surface area contributed by atoms with Gasteiger partial charge in [0.05, 0.1) is 0 Å². The fourth-order valence-electron chi connectivity index (χ4n) is 3.61. The second-order valence-electron chi connectivity index (χ2n) is 6.03. The molecule has 2 fully saturated rings. The summed E-state index contributed by atoms with van der Waals surface area (Å²) in [5.41, 5.74) is 4.31. The van der Waals surface area contributed by atoms with Gasteiger partial charge in [-0.1, -0.05) is 27.7 Å². The van der Waals surface area contributed by atoms with Gasteiger partial charge in [0.2, 0.25) is 0 Å². The van der Waals surface area contributed by atoms with Gasteiger partial charge >= 0.3 is 0 Å². The lowest BCUT2D eigenvalue weighted by molar-refractivity contribution is 0.777. The van der Waals surface area contributed by atoms with E-state index >= 15 is 0 Å². The van der Waals surface area contributed by atoms with E-state index in [4.69, 9.17) is 0 Å². The van der Waals surface area contributed by atoms with E-state index in [2.05, 4.69) is 27.7 Å². The van der Waals surface area contributed by atoms with Gasteiger partial charge in [0.15, 0.2) is 0 Å². The highest BCUT2D eigenvalue weighted by atomic mass is 31.1. The Morgan fingerprint density at radius 1 is 0.625 bits per heavy atom. The standard InChI is InChI=1S/C14H28P2/c1-11-5-6-12(2)15(11)9-10-16-13(3)7-8-14(16)4/h11-14H,5-10H2,1-4H3/t11-,12?,13?,14?,15?,16?/m1/s1. The van der Waals surface area contributed by atoms with Crippen LogP contribution in [-0.2, 0) is 0 Å². The maximum Gasteiger partial charge on any atom is -0.0235 e. The van der Waals surface area contributed by atoms with Gasteiger partial charge in [-0.05, 0) is 60.6 Å². The second kappa shape index (κ2) is 5.67. The van der Waals surface area contributed by atoms with E-state index in [-0.39, 0.29) is 0 Å². The van der Waals surface area contributed by atoms with Crippen molar-refractivity contribution in [2.24, 2.45) is 0 Å². The zero-order chi connectivity index (χ0) is 11.7. The summed E-state index contributed by atoms with van der Waals surface area (Å²) >= 11 is 0. The molecule has 0 nitrogen and oxygen atoms in total. The van der Waals surface area contributed by atoms with Crippen LogP contribution >= 0.6 is 15.8 Å². The van der Waals surface area contributed by atoms with Crippen LogP contribution in [0.1, 0.15) is 53.4 Å². The summed E-state index contributed by atoms with van der Waals surface area (Å²) in [6.45, 7) is 10.1. The Balaban J connectivity index is 1.82. The summed E-state index contributed by atoms with van der Waals surface area (Å²) in [7, 11) is 0.789. The zero-order valence-electron chi connectivity index (χ0n) is 11.4. The second-order valence-corrected chi connectivity index (χ2v) is 12.5. The molecule has 0 saturated carbocycles. The lowest BCUT2D eigenvalue weighted by atomic mass is 10.2. The van der Waals surface area contributed by atoms with E-state index in [1.807, 2.05) is 0 Å². The van der Waals surface area contributed by atoms with Crippen LogP contribution in [0, 0.1) is 0 Å². The van der Waals surface area contributed by atoms with Gasteiger partial charge in [0.25, 0.3) is 0 Å². The van der Waals surface area contributed by atoms with Gasteiger partial charge in [-0.15, -0.1) is 15.8 Å². The van der Waals surface area contributed by atoms with Crippen molar-refractivity contribution in [2.75, 3.05) is 12.3 Å². The molecule has 5 atom stereocenters. The summed E-state index contributed by atoms with van der Waals surface area (Å²) < 4.78 is 0. The molecule has 2 aliphatic heterocycles. The third kappa shape index (κ3) is 2.81. The normalized spacial score (nSPS) is 48.8. The molecule has 0 amide bonds. The lowest BCUT2D eigenvalue weighted by Crippen LogP contribution is -2.08. The van der Waals surface area contributed by atoms with Crippen molar-refractivity contribution in [1.82, 2.24) is 0 Å². The van der Waals surface area contributed by atoms with Crippen molar-refractivity contribution in [3.8, 4) is 0 Å². The molecular weight excluding hydrogens is 230 g/mol. The van der Waals surface area contributed by atoms with Crippen LogP contribution in [0.25, 0.3) is 0 Å². The lowest BCUT2D eigenvalue weighted by Gasteiger charge is -2.26. The first-order valence-corrected chi connectivity index (χ1v) is 10.4. The largest absolute Gasteiger partial charge is 0.101 e. The van der Waals surface area contributed by atoms with Crippen LogP contribution in [0.2, 0.25) is 0 Å². The predicted molar refractivity (Wildman–Crippen MR) is 79.9 cm³/mol.